The predicted molar refractivity (Wildman–Crippen MR) is 101 cm³/mol. The van der Waals surface area contributed by atoms with Gasteiger partial charge in [0.25, 0.3) is 10.0 Å². The van der Waals surface area contributed by atoms with E-state index in [0.29, 0.717) is 12.6 Å². The summed E-state index contributed by atoms with van der Waals surface area (Å²) < 4.78 is 35.2. The van der Waals surface area contributed by atoms with E-state index in [2.05, 4.69) is 15.0 Å². The first-order chi connectivity index (χ1) is 12.7. The van der Waals surface area contributed by atoms with Crippen molar-refractivity contribution in [3.05, 3.63) is 29.5 Å². The Kier molecular flexibility index (Phi) is 5.53. The minimum Gasteiger partial charge on any atom is -0.459 e. The number of ether oxygens (including phenoxy) is 1. The molecule has 0 bridgehead atoms. The molecule has 27 heavy (non-hydrogen) atoms. The summed E-state index contributed by atoms with van der Waals surface area (Å²) >= 11 is 0. The first-order valence-corrected chi connectivity index (χ1v) is 10.6. The molecule has 1 fully saturated rings. The number of hydrogen-bond acceptors (Lipinski definition) is 6. The lowest BCUT2D eigenvalue weighted by Crippen LogP contribution is -2.44. The van der Waals surface area contributed by atoms with Crippen molar-refractivity contribution in [2.45, 2.75) is 57.6 Å². The van der Waals surface area contributed by atoms with Gasteiger partial charge in [-0.05, 0) is 32.8 Å². The molecular weight excluding hydrogens is 366 g/mol. The van der Waals surface area contributed by atoms with Crippen molar-refractivity contribution in [2.75, 3.05) is 13.1 Å². The van der Waals surface area contributed by atoms with E-state index < -0.39 is 10.0 Å². The zero-order valence-electron chi connectivity index (χ0n) is 16.5. The topological polar surface area (TPSA) is 90.2 Å². The quantitative estimate of drug-likeness (QED) is 0.773. The minimum atomic E-state index is -3.66. The first kappa shape index (κ1) is 19.8. The van der Waals surface area contributed by atoms with Crippen LogP contribution in [0, 0.1) is 13.8 Å². The van der Waals surface area contributed by atoms with Gasteiger partial charge >= 0.3 is 6.01 Å². The molecule has 3 heterocycles. The highest BCUT2D eigenvalue weighted by atomic mass is 32.2. The van der Waals surface area contributed by atoms with Gasteiger partial charge in [-0.3, -0.25) is 0 Å². The van der Waals surface area contributed by atoms with Gasteiger partial charge < -0.3 is 9.30 Å². The molecule has 1 unspecified atom stereocenters. The van der Waals surface area contributed by atoms with Crippen molar-refractivity contribution < 1.29 is 13.2 Å². The summed E-state index contributed by atoms with van der Waals surface area (Å²) in [5, 5.41) is 0.0944. The Balaban J connectivity index is 1.77. The van der Waals surface area contributed by atoms with Gasteiger partial charge in [0.15, 0.2) is 5.03 Å². The molecule has 1 saturated heterocycles. The number of piperidine rings is 1. The van der Waals surface area contributed by atoms with Crippen LogP contribution in [0.15, 0.2) is 17.3 Å². The maximum Gasteiger partial charge on any atom is 0.317 e. The summed E-state index contributed by atoms with van der Waals surface area (Å²) in [7, 11) is -1.84. The van der Waals surface area contributed by atoms with Gasteiger partial charge in [-0.25, -0.2) is 23.4 Å². The van der Waals surface area contributed by atoms with E-state index in [1.54, 1.807) is 10.8 Å². The Hall–Kier alpha value is -2.00. The zero-order valence-corrected chi connectivity index (χ0v) is 17.3. The lowest BCUT2D eigenvalue weighted by atomic mass is 10.1. The van der Waals surface area contributed by atoms with Crippen LogP contribution in [0.4, 0.5) is 0 Å². The van der Waals surface area contributed by atoms with E-state index in [0.717, 1.165) is 30.1 Å². The summed E-state index contributed by atoms with van der Waals surface area (Å²) in [6.07, 6.45) is 2.80. The maximum absolute atomic E-state index is 13.0. The Morgan fingerprint density at radius 2 is 1.85 bits per heavy atom. The monoisotopic (exact) mass is 393 g/mol. The summed E-state index contributed by atoms with van der Waals surface area (Å²) in [4.78, 5) is 12.9. The molecule has 1 atom stereocenters. The number of aryl methyl sites for hydroxylation is 3. The minimum absolute atomic E-state index is 0.0944. The smallest absolute Gasteiger partial charge is 0.317 e. The fourth-order valence-corrected chi connectivity index (χ4v) is 4.86. The Morgan fingerprint density at radius 1 is 1.19 bits per heavy atom. The van der Waals surface area contributed by atoms with Crippen LogP contribution in [0.25, 0.3) is 0 Å². The van der Waals surface area contributed by atoms with Crippen LogP contribution in [0.5, 0.6) is 6.01 Å². The molecule has 2 aromatic heterocycles. The van der Waals surface area contributed by atoms with Crippen molar-refractivity contribution in [3.8, 4) is 6.01 Å². The van der Waals surface area contributed by atoms with Crippen LogP contribution in [0.3, 0.4) is 0 Å². The zero-order chi connectivity index (χ0) is 19.8. The van der Waals surface area contributed by atoms with Gasteiger partial charge in [0.05, 0.1) is 6.54 Å². The van der Waals surface area contributed by atoms with Gasteiger partial charge in [-0.1, -0.05) is 13.8 Å². The van der Waals surface area contributed by atoms with Crippen molar-refractivity contribution in [3.63, 3.8) is 0 Å². The summed E-state index contributed by atoms with van der Waals surface area (Å²) in [5.41, 5.74) is 1.65. The summed E-state index contributed by atoms with van der Waals surface area (Å²) in [5.74, 6) is 0.903. The molecule has 148 valence electrons. The number of sulfonamides is 1. The highest BCUT2D eigenvalue weighted by Crippen LogP contribution is 2.24. The standard InChI is InChI=1S/C18H27N5O3S/c1-12(2)17-21-16(11-22(17)5)27(24,25)23-8-6-7-15(10-23)26-18-19-13(3)9-14(4)20-18/h9,11-12,15H,6-8,10H2,1-5H3. The van der Waals surface area contributed by atoms with Gasteiger partial charge in [0, 0.05) is 37.1 Å². The van der Waals surface area contributed by atoms with E-state index in [9.17, 15) is 8.42 Å². The van der Waals surface area contributed by atoms with Crippen molar-refractivity contribution >= 4 is 10.0 Å². The number of rotatable bonds is 5. The Morgan fingerprint density at radius 3 is 2.44 bits per heavy atom. The lowest BCUT2D eigenvalue weighted by molar-refractivity contribution is 0.118. The number of nitrogens with zero attached hydrogens (tertiary/aromatic N) is 5. The molecule has 0 spiro atoms. The van der Waals surface area contributed by atoms with Gasteiger partial charge in [-0.2, -0.15) is 4.31 Å². The second kappa shape index (κ2) is 7.55. The van der Waals surface area contributed by atoms with Crippen LogP contribution in [0.2, 0.25) is 0 Å². The molecule has 1 aliphatic rings. The normalized spacial score (nSPS) is 18.8. The highest BCUT2D eigenvalue weighted by Gasteiger charge is 2.33. The molecular formula is C18H27N5O3S. The molecule has 0 aromatic carbocycles. The van der Waals surface area contributed by atoms with Crippen molar-refractivity contribution in [1.29, 1.82) is 0 Å². The summed E-state index contributed by atoms with van der Waals surface area (Å²) in [6, 6.07) is 2.18. The summed E-state index contributed by atoms with van der Waals surface area (Å²) in [6.45, 7) is 8.48. The second-order valence-electron chi connectivity index (χ2n) is 7.38. The molecule has 1 aliphatic heterocycles. The van der Waals surface area contributed by atoms with Crippen molar-refractivity contribution in [1.82, 2.24) is 23.8 Å². The van der Waals surface area contributed by atoms with Crippen LogP contribution >= 0.6 is 0 Å². The van der Waals surface area contributed by atoms with E-state index in [-0.39, 0.29) is 23.6 Å². The fraction of sp³-hybridized carbons (Fsp3) is 0.611. The number of aromatic nitrogens is 4. The molecule has 2 aromatic rings. The molecule has 0 N–H and O–H groups in total. The number of hydrogen-bond donors (Lipinski definition) is 0. The molecule has 8 nitrogen and oxygen atoms in total. The van der Waals surface area contributed by atoms with E-state index >= 15 is 0 Å². The molecule has 9 heteroatoms. The van der Waals surface area contributed by atoms with Crippen LogP contribution in [-0.4, -0.2) is 51.4 Å². The first-order valence-electron chi connectivity index (χ1n) is 9.19. The molecule has 0 amide bonds. The van der Waals surface area contributed by atoms with Crippen LogP contribution < -0.4 is 4.74 Å². The SMILES string of the molecule is Cc1cc(C)nc(OC2CCCN(S(=O)(=O)c3cn(C)c(C(C)C)n3)C2)n1. The predicted octanol–water partition coefficient (Wildman–Crippen LogP) is 2.18. The highest BCUT2D eigenvalue weighted by molar-refractivity contribution is 7.89. The third-order valence-electron chi connectivity index (χ3n) is 4.59. The van der Waals surface area contributed by atoms with Gasteiger partial charge in [0.1, 0.15) is 11.9 Å². The molecule has 0 saturated carbocycles. The van der Waals surface area contributed by atoms with Gasteiger partial charge in [0.2, 0.25) is 0 Å². The van der Waals surface area contributed by atoms with Crippen LogP contribution in [0.1, 0.15) is 49.8 Å². The van der Waals surface area contributed by atoms with Crippen LogP contribution in [-0.2, 0) is 17.1 Å². The second-order valence-corrected chi connectivity index (χ2v) is 9.27. The Bertz CT molecular complexity index is 903. The average Bonchev–Trinajstić information content (AvgIpc) is 2.97. The molecule has 0 radical (unpaired) electrons. The Labute approximate surface area is 160 Å². The molecule has 0 aliphatic carbocycles. The lowest BCUT2D eigenvalue weighted by Gasteiger charge is -2.31. The maximum atomic E-state index is 13.0. The van der Waals surface area contributed by atoms with E-state index in [4.69, 9.17) is 4.74 Å². The largest absolute Gasteiger partial charge is 0.459 e. The average molecular weight is 394 g/mol. The van der Waals surface area contributed by atoms with Crippen molar-refractivity contribution in [2.24, 2.45) is 7.05 Å². The number of imidazole rings is 1. The third kappa shape index (κ3) is 4.30. The van der Waals surface area contributed by atoms with E-state index in [1.807, 2.05) is 40.8 Å². The van der Waals surface area contributed by atoms with Gasteiger partial charge in [-0.15, -0.1) is 0 Å². The van der Waals surface area contributed by atoms with E-state index in [1.165, 1.54) is 4.31 Å². The third-order valence-corrected chi connectivity index (χ3v) is 6.32. The molecule has 3 rings (SSSR count). The fourth-order valence-electron chi connectivity index (χ4n) is 3.36.